The smallest absolute Gasteiger partial charge is 0.127 e. The molecular formula is C11H19N3O. The number of pyridine rings is 1. The molecule has 0 fully saturated rings. The van der Waals surface area contributed by atoms with Crippen molar-refractivity contribution in [2.75, 3.05) is 24.2 Å². The molecule has 1 aromatic rings. The van der Waals surface area contributed by atoms with Gasteiger partial charge in [-0.1, -0.05) is 13.3 Å². The lowest BCUT2D eigenvalue weighted by molar-refractivity contribution is 0.258. The number of nitrogen functional groups attached to an aromatic ring is 1. The third-order valence-corrected chi connectivity index (χ3v) is 2.47. The van der Waals surface area contributed by atoms with Crippen molar-refractivity contribution in [1.29, 1.82) is 0 Å². The maximum absolute atomic E-state index is 8.85. The molecule has 1 atom stereocenters. The summed E-state index contributed by atoms with van der Waals surface area (Å²) < 4.78 is 0. The predicted molar refractivity (Wildman–Crippen MR) is 62.6 cm³/mol. The average Bonchev–Trinajstić information content (AvgIpc) is 2.24. The lowest BCUT2D eigenvalue weighted by atomic mass is 10.0. The highest BCUT2D eigenvalue weighted by molar-refractivity contribution is 5.48. The number of nitrogens with zero attached hydrogens (tertiary/aromatic N) is 1. The summed E-state index contributed by atoms with van der Waals surface area (Å²) in [6, 6.07) is 3.57. The van der Waals surface area contributed by atoms with Crippen molar-refractivity contribution in [3.63, 3.8) is 0 Å². The first-order valence-electron chi connectivity index (χ1n) is 5.32. The van der Waals surface area contributed by atoms with Crippen molar-refractivity contribution in [1.82, 2.24) is 4.98 Å². The number of hydrogen-bond acceptors (Lipinski definition) is 4. The Labute approximate surface area is 90.5 Å². The van der Waals surface area contributed by atoms with Crippen molar-refractivity contribution in [3.8, 4) is 0 Å². The van der Waals surface area contributed by atoms with Crippen LogP contribution in [0.2, 0.25) is 0 Å². The molecule has 0 amide bonds. The Morgan fingerprint density at radius 1 is 1.60 bits per heavy atom. The molecule has 0 saturated heterocycles. The van der Waals surface area contributed by atoms with Crippen LogP contribution < -0.4 is 11.1 Å². The zero-order chi connectivity index (χ0) is 11.1. The maximum Gasteiger partial charge on any atom is 0.127 e. The van der Waals surface area contributed by atoms with Crippen LogP contribution in [0.15, 0.2) is 18.3 Å². The van der Waals surface area contributed by atoms with Crippen LogP contribution in [0.25, 0.3) is 0 Å². The summed E-state index contributed by atoms with van der Waals surface area (Å²) in [5.41, 5.74) is 6.35. The van der Waals surface area contributed by atoms with Crippen molar-refractivity contribution in [3.05, 3.63) is 18.3 Å². The van der Waals surface area contributed by atoms with Crippen LogP contribution in [0.3, 0.4) is 0 Å². The van der Waals surface area contributed by atoms with Crippen LogP contribution in [-0.2, 0) is 0 Å². The first kappa shape index (κ1) is 11.8. The van der Waals surface area contributed by atoms with Crippen molar-refractivity contribution >= 4 is 11.5 Å². The fourth-order valence-corrected chi connectivity index (χ4v) is 1.43. The van der Waals surface area contributed by atoms with Gasteiger partial charge in [0.25, 0.3) is 0 Å². The topological polar surface area (TPSA) is 71.2 Å². The second-order valence-electron chi connectivity index (χ2n) is 3.64. The van der Waals surface area contributed by atoms with Crippen LogP contribution >= 0.6 is 0 Å². The van der Waals surface area contributed by atoms with E-state index >= 15 is 0 Å². The lowest BCUT2D eigenvalue weighted by Crippen LogP contribution is -2.15. The highest BCUT2D eigenvalue weighted by Gasteiger charge is 2.05. The van der Waals surface area contributed by atoms with Gasteiger partial charge in [-0.3, -0.25) is 0 Å². The lowest BCUT2D eigenvalue weighted by Gasteiger charge is -2.14. The van der Waals surface area contributed by atoms with Crippen LogP contribution in [0.1, 0.15) is 19.8 Å². The zero-order valence-electron chi connectivity index (χ0n) is 9.11. The van der Waals surface area contributed by atoms with Crippen molar-refractivity contribution in [2.24, 2.45) is 5.92 Å². The molecule has 15 heavy (non-hydrogen) atoms. The number of aliphatic hydroxyl groups is 1. The Bertz CT molecular complexity index is 291. The first-order chi connectivity index (χ1) is 7.26. The number of nitrogens with one attached hydrogen (secondary N) is 1. The number of rotatable bonds is 6. The number of hydrogen-bond donors (Lipinski definition) is 3. The molecule has 4 nitrogen and oxygen atoms in total. The summed E-state index contributed by atoms with van der Waals surface area (Å²) in [6.45, 7) is 3.19. The van der Waals surface area contributed by atoms with Crippen molar-refractivity contribution in [2.45, 2.75) is 19.8 Å². The molecule has 1 aromatic heterocycles. The van der Waals surface area contributed by atoms with Crippen LogP contribution in [0.5, 0.6) is 0 Å². The van der Waals surface area contributed by atoms with E-state index in [1.165, 1.54) is 0 Å². The van der Waals surface area contributed by atoms with E-state index in [9.17, 15) is 0 Å². The average molecular weight is 209 g/mol. The highest BCUT2D eigenvalue weighted by atomic mass is 16.3. The summed E-state index contributed by atoms with van der Waals surface area (Å²) >= 11 is 0. The normalized spacial score (nSPS) is 12.4. The summed E-state index contributed by atoms with van der Waals surface area (Å²) in [5, 5.41) is 12.1. The van der Waals surface area contributed by atoms with Gasteiger partial charge < -0.3 is 16.2 Å². The molecule has 1 rings (SSSR count). The Morgan fingerprint density at radius 2 is 2.40 bits per heavy atom. The monoisotopic (exact) mass is 209 g/mol. The van der Waals surface area contributed by atoms with E-state index in [1.807, 2.05) is 6.07 Å². The molecule has 1 unspecified atom stereocenters. The second-order valence-corrected chi connectivity index (χ2v) is 3.64. The van der Waals surface area contributed by atoms with E-state index in [1.54, 1.807) is 12.3 Å². The predicted octanol–water partition coefficient (Wildman–Crippen LogP) is 1.48. The standard InChI is InChI=1S/C11H19N3O/c1-2-9(4-6-15)8-14-11-7-10(12)3-5-13-11/h3,5,7,9,15H,2,4,6,8H2,1H3,(H3,12,13,14). The third-order valence-electron chi connectivity index (χ3n) is 2.47. The zero-order valence-corrected chi connectivity index (χ0v) is 9.11. The van der Waals surface area contributed by atoms with E-state index in [-0.39, 0.29) is 6.61 Å². The van der Waals surface area contributed by atoms with E-state index < -0.39 is 0 Å². The number of aliphatic hydroxyl groups excluding tert-OH is 1. The maximum atomic E-state index is 8.85. The van der Waals surface area contributed by atoms with Crippen LogP contribution in [0, 0.1) is 5.92 Å². The third kappa shape index (κ3) is 4.16. The molecular weight excluding hydrogens is 190 g/mol. The molecule has 0 aromatic carbocycles. The molecule has 0 radical (unpaired) electrons. The number of nitrogens with two attached hydrogens (primary N) is 1. The molecule has 0 aliphatic rings. The van der Waals surface area contributed by atoms with Gasteiger partial charge in [-0.05, 0) is 18.4 Å². The van der Waals surface area contributed by atoms with Gasteiger partial charge in [0.05, 0.1) is 0 Å². The summed E-state index contributed by atoms with van der Waals surface area (Å²) in [4.78, 5) is 4.15. The van der Waals surface area contributed by atoms with Gasteiger partial charge in [0.1, 0.15) is 5.82 Å². The van der Waals surface area contributed by atoms with Crippen molar-refractivity contribution < 1.29 is 5.11 Å². The number of aromatic nitrogens is 1. The van der Waals surface area contributed by atoms with E-state index in [2.05, 4.69) is 17.2 Å². The molecule has 0 spiro atoms. The molecule has 4 heteroatoms. The summed E-state index contributed by atoms with van der Waals surface area (Å²) in [7, 11) is 0. The van der Waals surface area contributed by atoms with Gasteiger partial charge in [-0.15, -0.1) is 0 Å². The van der Waals surface area contributed by atoms with Gasteiger partial charge in [0.15, 0.2) is 0 Å². The first-order valence-corrected chi connectivity index (χ1v) is 5.32. The SMILES string of the molecule is CCC(CCO)CNc1cc(N)ccn1. The molecule has 84 valence electrons. The molecule has 0 saturated carbocycles. The Kier molecular flexibility index (Phi) is 4.90. The van der Waals surface area contributed by atoms with Gasteiger partial charge in [-0.2, -0.15) is 0 Å². The van der Waals surface area contributed by atoms with Gasteiger partial charge in [0.2, 0.25) is 0 Å². The summed E-state index contributed by atoms with van der Waals surface area (Å²) in [6.07, 6.45) is 3.56. The largest absolute Gasteiger partial charge is 0.399 e. The van der Waals surface area contributed by atoms with Crippen LogP contribution in [0.4, 0.5) is 11.5 Å². The molecule has 0 aliphatic heterocycles. The fraction of sp³-hybridized carbons (Fsp3) is 0.545. The van der Waals surface area contributed by atoms with Gasteiger partial charge in [-0.25, -0.2) is 4.98 Å². The molecule has 1 heterocycles. The van der Waals surface area contributed by atoms with Crippen LogP contribution in [-0.4, -0.2) is 23.2 Å². The van der Waals surface area contributed by atoms with E-state index in [0.717, 1.165) is 25.2 Å². The minimum Gasteiger partial charge on any atom is -0.399 e. The molecule has 0 aliphatic carbocycles. The molecule has 4 N–H and O–H groups in total. The molecule has 0 bridgehead atoms. The van der Waals surface area contributed by atoms with Gasteiger partial charge >= 0.3 is 0 Å². The van der Waals surface area contributed by atoms with E-state index in [4.69, 9.17) is 10.8 Å². The van der Waals surface area contributed by atoms with Gasteiger partial charge in [0, 0.05) is 31.1 Å². The highest BCUT2D eigenvalue weighted by Crippen LogP contribution is 2.11. The second kappa shape index (κ2) is 6.24. The minimum absolute atomic E-state index is 0.241. The van der Waals surface area contributed by atoms with E-state index in [0.29, 0.717) is 11.6 Å². The fourth-order valence-electron chi connectivity index (χ4n) is 1.43. The minimum atomic E-state index is 0.241. The number of anilines is 2. The summed E-state index contributed by atoms with van der Waals surface area (Å²) in [5.74, 6) is 1.28. The Balaban J connectivity index is 2.41. The Morgan fingerprint density at radius 3 is 3.00 bits per heavy atom. The Hall–Kier alpha value is -1.29. The quantitative estimate of drug-likeness (QED) is 0.663.